The van der Waals surface area contributed by atoms with E-state index in [4.69, 9.17) is 21.1 Å². The number of hydrogen-bond acceptors (Lipinski definition) is 3. The highest BCUT2D eigenvalue weighted by Crippen LogP contribution is 2.36. The number of amides is 2. The number of urea groups is 1. The number of carbonyl (C=O) groups is 1. The van der Waals surface area contributed by atoms with Gasteiger partial charge in [0.2, 0.25) is 0 Å². The van der Waals surface area contributed by atoms with Gasteiger partial charge in [-0.25, -0.2) is 4.79 Å². The molecule has 0 heterocycles. The third kappa shape index (κ3) is 3.78. The lowest BCUT2D eigenvalue weighted by molar-refractivity contribution is 0.262. The Balaban J connectivity index is 1.78. The van der Waals surface area contributed by atoms with E-state index in [0.29, 0.717) is 27.9 Å². The van der Waals surface area contributed by atoms with Crippen molar-refractivity contribution < 1.29 is 14.3 Å². The quantitative estimate of drug-likeness (QED) is 0.679. The number of carbonyl (C=O) groups excluding carboxylic acids is 1. The zero-order valence-electron chi connectivity index (χ0n) is 13.8. The molecule has 0 bridgehead atoms. The van der Waals surface area contributed by atoms with Crippen LogP contribution in [0.3, 0.4) is 0 Å². The van der Waals surface area contributed by atoms with Crippen molar-refractivity contribution in [3.05, 3.63) is 59.6 Å². The van der Waals surface area contributed by atoms with Gasteiger partial charge < -0.3 is 20.1 Å². The molecule has 0 saturated heterocycles. The van der Waals surface area contributed by atoms with Crippen molar-refractivity contribution in [1.82, 2.24) is 0 Å². The molecule has 3 rings (SSSR count). The average Bonchev–Trinajstić information content (AvgIpc) is 2.62. The molecule has 0 atom stereocenters. The summed E-state index contributed by atoms with van der Waals surface area (Å²) in [5.74, 6) is 0.925. The van der Waals surface area contributed by atoms with Crippen LogP contribution in [0.5, 0.6) is 11.5 Å². The molecule has 0 unspecified atom stereocenters. The van der Waals surface area contributed by atoms with E-state index >= 15 is 0 Å². The molecular formula is C19H17ClN2O3. The van der Waals surface area contributed by atoms with Crippen LogP contribution in [-0.4, -0.2) is 20.3 Å². The molecule has 5 nitrogen and oxygen atoms in total. The summed E-state index contributed by atoms with van der Waals surface area (Å²) in [6, 6.07) is 16.5. The minimum Gasteiger partial charge on any atom is -0.495 e. The van der Waals surface area contributed by atoms with Gasteiger partial charge in [0.15, 0.2) is 0 Å². The van der Waals surface area contributed by atoms with E-state index in [1.54, 1.807) is 12.1 Å². The molecule has 0 saturated carbocycles. The van der Waals surface area contributed by atoms with E-state index in [9.17, 15) is 4.79 Å². The van der Waals surface area contributed by atoms with Gasteiger partial charge in [0.05, 0.1) is 24.9 Å². The Labute approximate surface area is 150 Å². The summed E-state index contributed by atoms with van der Waals surface area (Å²) in [5, 5.41) is 8.07. The maximum atomic E-state index is 12.3. The maximum Gasteiger partial charge on any atom is 0.323 e. The Morgan fingerprint density at radius 1 is 0.880 bits per heavy atom. The second-order valence-corrected chi connectivity index (χ2v) is 5.74. The van der Waals surface area contributed by atoms with Gasteiger partial charge in [-0.2, -0.15) is 0 Å². The Morgan fingerprint density at radius 3 is 2.32 bits per heavy atom. The zero-order chi connectivity index (χ0) is 17.8. The molecule has 2 N–H and O–H groups in total. The molecule has 0 aromatic heterocycles. The fourth-order valence-corrected chi connectivity index (χ4v) is 2.75. The number of hydrogen-bond donors (Lipinski definition) is 2. The summed E-state index contributed by atoms with van der Waals surface area (Å²) in [6.07, 6.45) is 0. The van der Waals surface area contributed by atoms with Gasteiger partial charge in [0.1, 0.15) is 11.5 Å². The lowest BCUT2D eigenvalue weighted by atomic mass is 10.1. The van der Waals surface area contributed by atoms with E-state index in [2.05, 4.69) is 10.6 Å². The molecule has 25 heavy (non-hydrogen) atoms. The first-order valence-electron chi connectivity index (χ1n) is 7.59. The number of halogens is 1. The largest absolute Gasteiger partial charge is 0.495 e. The van der Waals surface area contributed by atoms with E-state index < -0.39 is 6.03 Å². The van der Waals surface area contributed by atoms with Crippen LogP contribution in [-0.2, 0) is 0 Å². The Morgan fingerprint density at radius 2 is 1.60 bits per heavy atom. The van der Waals surface area contributed by atoms with Crippen LogP contribution in [0.2, 0.25) is 5.02 Å². The first-order valence-corrected chi connectivity index (χ1v) is 7.97. The lowest BCUT2D eigenvalue weighted by Gasteiger charge is -2.14. The number of nitrogens with one attached hydrogen (secondary N) is 2. The van der Waals surface area contributed by atoms with Crippen LogP contribution in [0, 0.1) is 0 Å². The van der Waals surface area contributed by atoms with E-state index in [1.807, 2.05) is 42.5 Å². The molecule has 3 aromatic rings. The van der Waals surface area contributed by atoms with Crippen molar-refractivity contribution in [2.24, 2.45) is 0 Å². The first-order chi connectivity index (χ1) is 12.1. The van der Waals surface area contributed by atoms with Gasteiger partial charge in [-0.3, -0.25) is 0 Å². The van der Waals surface area contributed by atoms with E-state index in [0.717, 1.165) is 10.8 Å². The van der Waals surface area contributed by atoms with Crippen LogP contribution in [0.4, 0.5) is 16.2 Å². The van der Waals surface area contributed by atoms with Crippen molar-refractivity contribution >= 4 is 39.8 Å². The van der Waals surface area contributed by atoms with Crippen molar-refractivity contribution in [3.8, 4) is 11.5 Å². The summed E-state index contributed by atoms with van der Waals surface area (Å²) in [4.78, 5) is 12.3. The summed E-state index contributed by atoms with van der Waals surface area (Å²) in [6.45, 7) is 0. The first kappa shape index (κ1) is 16.9. The van der Waals surface area contributed by atoms with Gasteiger partial charge in [-0.05, 0) is 29.0 Å². The normalized spacial score (nSPS) is 10.4. The summed E-state index contributed by atoms with van der Waals surface area (Å²) >= 11 is 6.12. The summed E-state index contributed by atoms with van der Waals surface area (Å²) < 4.78 is 10.4. The van der Waals surface area contributed by atoms with Gasteiger partial charge in [-0.1, -0.05) is 41.9 Å². The number of rotatable bonds is 4. The topological polar surface area (TPSA) is 59.6 Å². The average molecular weight is 357 g/mol. The fourth-order valence-electron chi connectivity index (χ4n) is 2.51. The van der Waals surface area contributed by atoms with Gasteiger partial charge >= 0.3 is 6.03 Å². The molecule has 0 spiro atoms. The number of fused-ring (bicyclic) bond motifs is 1. The van der Waals surface area contributed by atoms with Crippen molar-refractivity contribution in [2.75, 3.05) is 24.9 Å². The highest BCUT2D eigenvalue weighted by Gasteiger charge is 2.12. The van der Waals surface area contributed by atoms with Gasteiger partial charge in [0, 0.05) is 11.8 Å². The molecule has 2 amide bonds. The van der Waals surface area contributed by atoms with Crippen LogP contribution in [0.1, 0.15) is 0 Å². The smallest absolute Gasteiger partial charge is 0.323 e. The Hall–Kier alpha value is -2.92. The number of methoxy groups -OCH3 is 2. The molecular weight excluding hydrogens is 340 g/mol. The summed E-state index contributed by atoms with van der Waals surface area (Å²) in [7, 11) is 3.02. The van der Waals surface area contributed by atoms with Crippen molar-refractivity contribution in [2.45, 2.75) is 0 Å². The third-order valence-corrected chi connectivity index (χ3v) is 4.02. The lowest BCUT2D eigenvalue weighted by Crippen LogP contribution is -2.19. The van der Waals surface area contributed by atoms with Gasteiger partial charge in [-0.15, -0.1) is 0 Å². The minimum absolute atomic E-state index is 0.379. The number of benzene rings is 3. The Kier molecular flexibility index (Phi) is 4.95. The van der Waals surface area contributed by atoms with Crippen LogP contribution in [0.25, 0.3) is 10.8 Å². The predicted molar refractivity (Wildman–Crippen MR) is 101 cm³/mol. The predicted octanol–water partition coefficient (Wildman–Crippen LogP) is 5.15. The monoisotopic (exact) mass is 356 g/mol. The minimum atomic E-state index is -0.394. The van der Waals surface area contributed by atoms with E-state index in [-0.39, 0.29) is 0 Å². The number of ether oxygens (including phenoxy) is 2. The molecule has 6 heteroatoms. The molecule has 0 fully saturated rings. The van der Waals surface area contributed by atoms with Gasteiger partial charge in [0.25, 0.3) is 0 Å². The summed E-state index contributed by atoms with van der Waals surface area (Å²) in [5.41, 5.74) is 1.14. The zero-order valence-corrected chi connectivity index (χ0v) is 14.6. The second kappa shape index (κ2) is 7.32. The molecule has 0 radical (unpaired) electrons. The Bertz CT molecular complexity index is 928. The molecule has 0 aliphatic carbocycles. The maximum absolute atomic E-state index is 12.3. The third-order valence-electron chi connectivity index (χ3n) is 3.73. The van der Waals surface area contributed by atoms with Crippen LogP contribution < -0.4 is 20.1 Å². The molecule has 128 valence electrons. The highest BCUT2D eigenvalue weighted by molar-refractivity contribution is 6.32. The SMILES string of the molecule is COc1cc(OC)c(NC(=O)Nc2ccc3ccccc3c2)cc1Cl. The highest BCUT2D eigenvalue weighted by atomic mass is 35.5. The van der Waals surface area contributed by atoms with Crippen LogP contribution >= 0.6 is 11.6 Å². The molecule has 3 aromatic carbocycles. The van der Waals surface area contributed by atoms with Crippen molar-refractivity contribution in [3.63, 3.8) is 0 Å². The van der Waals surface area contributed by atoms with Crippen LogP contribution in [0.15, 0.2) is 54.6 Å². The number of anilines is 2. The standard InChI is InChI=1S/C19H17ClN2O3/c1-24-17-11-18(25-2)16(10-15(17)20)22-19(23)21-14-8-7-12-5-3-4-6-13(12)9-14/h3-11H,1-2H3,(H2,21,22,23). The van der Waals surface area contributed by atoms with Crippen molar-refractivity contribution in [1.29, 1.82) is 0 Å². The molecule has 0 aliphatic rings. The molecule has 0 aliphatic heterocycles. The second-order valence-electron chi connectivity index (χ2n) is 5.33. The fraction of sp³-hybridized carbons (Fsp3) is 0.105. The van der Waals surface area contributed by atoms with E-state index in [1.165, 1.54) is 14.2 Å².